The van der Waals surface area contributed by atoms with E-state index in [0.29, 0.717) is 38.4 Å². The van der Waals surface area contributed by atoms with Gasteiger partial charge in [0.15, 0.2) is 0 Å². The molecule has 0 saturated carbocycles. The Kier molecular flexibility index (Phi) is 11.9. The van der Waals surface area contributed by atoms with Crippen LogP contribution < -0.4 is 16.0 Å². The number of nitrogens with one attached hydrogen (secondary N) is 3. The Morgan fingerprint density at radius 1 is 1.09 bits per heavy atom. The number of nitrogens with zero attached hydrogens (tertiary/aromatic N) is 3. The number of urea groups is 1. The summed E-state index contributed by atoms with van der Waals surface area (Å²) in [7, 11) is 1.69. The van der Waals surface area contributed by atoms with Crippen LogP contribution in [0.25, 0.3) is 0 Å². The molecule has 0 aromatic carbocycles. The fourth-order valence-electron chi connectivity index (χ4n) is 3.02. The van der Waals surface area contributed by atoms with E-state index >= 15 is 0 Å². The zero-order valence-electron chi connectivity index (χ0n) is 21.0. The molecular formula is C23H36N6O4S2. The summed E-state index contributed by atoms with van der Waals surface area (Å²) in [4.78, 5) is 47.9. The molecule has 2 rings (SSSR count). The van der Waals surface area contributed by atoms with Crippen LogP contribution in [-0.2, 0) is 22.7 Å². The number of hydrogen-bond acceptors (Lipinski definition) is 8. The van der Waals surface area contributed by atoms with Crippen molar-refractivity contribution in [2.75, 3.05) is 20.1 Å². The van der Waals surface area contributed by atoms with E-state index in [1.54, 1.807) is 30.1 Å². The highest BCUT2D eigenvalue weighted by Gasteiger charge is 2.25. The van der Waals surface area contributed by atoms with E-state index in [-0.39, 0.29) is 24.5 Å². The standard InChI is InChI=1S/C23H36N6O4S2/c1-15(2)19(28-22(31)29(5)11-17-13-34-21(27-17)16(3)4)20(30)25-8-6-7-9-26-23(32)33-12-18-10-24-14-35-18/h10,13-16,19H,6-9,11-12H2,1-5H3,(H,25,30)(H,26,32)(H,28,31). The van der Waals surface area contributed by atoms with Gasteiger partial charge in [-0.05, 0) is 18.8 Å². The Morgan fingerprint density at radius 3 is 2.40 bits per heavy atom. The first-order valence-electron chi connectivity index (χ1n) is 11.7. The zero-order valence-corrected chi connectivity index (χ0v) is 22.6. The van der Waals surface area contributed by atoms with Crippen LogP contribution in [0.15, 0.2) is 17.1 Å². The van der Waals surface area contributed by atoms with Crippen molar-refractivity contribution in [1.29, 1.82) is 0 Å². The molecule has 10 nitrogen and oxygen atoms in total. The van der Waals surface area contributed by atoms with Gasteiger partial charge in [0.25, 0.3) is 0 Å². The molecule has 12 heteroatoms. The van der Waals surface area contributed by atoms with Gasteiger partial charge < -0.3 is 25.6 Å². The van der Waals surface area contributed by atoms with Gasteiger partial charge in [-0.2, -0.15) is 0 Å². The number of ether oxygens (including phenoxy) is 1. The smallest absolute Gasteiger partial charge is 0.407 e. The maximum absolute atomic E-state index is 12.7. The predicted octanol–water partition coefficient (Wildman–Crippen LogP) is 3.71. The van der Waals surface area contributed by atoms with Gasteiger partial charge in [0.2, 0.25) is 5.91 Å². The lowest BCUT2D eigenvalue weighted by molar-refractivity contribution is -0.123. The van der Waals surface area contributed by atoms with E-state index in [1.807, 2.05) is 19.2 Å². The van der Waals surface area contributed by atoms with Crippen LogP contribution in [0.3, 0.4) is 0 Å². The van der Waals surface area contributed by atoms with Crippen LogP contribution in [-0.4, -0.2) is 59.1 Å². The SMILES string of the molecule is CC(C)c1nc(CN(C)C(=O)NC(C(=O)NCCCCNC(=O)OCc2cncs2)C(C)C)cs1. The summed E-state index contributed by atoms with van der Waals surface area (Å²) in [6.07, 6.45) is 2.55. The van der Waals surface area contributed by atoms with E-state index in [9.17, 15) is 14.4 Å². The summed E-state index contributed by atoms with van der Waals surface area (Å²) in [5.74, 6) is 0.0456. The number of unbranched alkanes of at least 4 members (excludes halogenated alkanes) is 1. The molecule has 0 aliphatic rings. The van der Waals surface area contributed by atoms with Crippen LogP contribution >= 0.6 is 22.7 Å². The summed E-state index contributed by atoms with van der Waals surface area (Å²) in [5, 5.41) is 11.4. The van der Waals surface area contributed by atoms with E-state index in [0.717, 1.165) is 15.6 Å². The van der Waals surface area contributed by atoms with Gasteiger partial charge >= 0.3 is 12.1 Å². The third kappa shape index (κ3) is 10.2. The minimum atomic E-state index is -0.647. The first-order valence-corrected chi connectivity index (χ1v) is 13.4. The zero-order chi connectivity index (χ0) is 25.8. The van der Waals surface area contributed by atoms with Crippen molar-refractivity contribution < 1.29 is 19.1 Å². The summed E-state index contributed by atoms with van der Waals surface area (Å²) >= 11 is 3.01. The lowest BCUT2D eigenvalue weighted by atomic mass is 10.0. The number of carbonyl (C=O) groups is 3. The third-order valence-corrected chi connectivity index (χ3v) is 6.99. The predicted molar refractivity (Wildman–Crippen MR) is 137 cm³/mol. The molecule has 35 heavy (non-hydrogen) atoms. The quantitative estimate of drug-likeness (QED) is 0.343. The van der Waals surface area contributed by atoms with Gasteiger partial charge in [-0.3, -0.25) is 9.78 Å². The molecule has 0 aliphatic heterocycles. The second kappa shape index (κ2) is 14.6. The van der Waals surface area contributed by atoms with Gasteiger partial charge in [0, 0.05) is 37.6 Å². The molecule has 194 valence electrons. The Bertz CT molecular complexity index is 932. The normalized spacial score (nSPS) is 11.9. The lowest BCUT2D eigenvalue weighted by Crippen LogP contribution is -2.52. The maximum atomic E-state index is 12.7. The molecule has 1 atom stereocenters. The molecule has 0 spiro atoms. The largest absolute Gasteiger partial charge is 0.444 e. The van der Waals surface area contributed by atoms with Gasteiger partial charge in [-0.1, -0.05) is 27.7 Å². The summed E-state index contributed by atoms with van der Waals surface area (Å²) in [6, 6.07) is -0.967. The molecule has 4 amide bonds. The second-order valence-corrected chi connectivity index (χ2v) is 10.7. The second-order valence-electron chi connectivity index (χ2n) is 8.83. The molecule has 0 saturated heterocycles. The molecule has 2 aromatic heterocycles. The molecule has 0 bridgehead atoms. The minimum absolute atomic E-state index is 0.0749. The van der Waals surface area contributed by atoms with Gasteiger partial charge in [0.1, 0.15) is 12.6 Å². The van der Waals surface area contributed by atoms with Crippen molar-refractivity contribution in [3.63, 3.8) is 0 Å². The monoisotopic (exact) mass is 524 g/mol. The van der Waals surface area contributed by atoms with Gasteiger partial charge in [-0.15, -0.1) is 22.7 Å². The van der Waals surface area contributed by atoms with Crippen molar-refractivity contribution in [3.05, 3.63) is 32.7 Å². The summed E-state index contributed by atoms with van der Waals surface area (Å²) < 4.78 is 5.10. The Morgan fingerprint density at radius 2 is 1.80 bits per heavy atom. The fourth-order valence-corrected chi connectivity index (χ4v) is 4.35. The van der Waals surface area contributed by atoms with Crippen molar-refractivity contribution in [2.45, 2.75) is 65.6 Å². The minimum Gasteiger partial charge on any atom is -0.444 e. The molecular weight excluding hydrogens is 488 g/mol. The molecule has 1 unspecified atom stereocenters. The highest BCUT2D eigenvalue weighted by Crippen LogP contribution is 2.19. The fraction of sp³-hybridized carbons (Fsp3) is 0.609. The highest BCUT2D eigenvalue weighted by molar-refractivity contribution is 7.09. The van der Waals surface area contributed by atoms with E-state index < -0.39 is 12.1 Å². The number of carbonyl (C=O) groups excluding carboxylic acids is 3. The number of alkyl carbamates (subject to hydrolysis) is 1. The number of hydrogen-bond donors (Lipinski definition) is 3. The number of thiazole rings is 2. The molecule has 0 radical (unpaired) electrons. The third-order valence-electron chi connectivity index (χ3n) is 5.04. The molecule has 0 aliphatic carbocycles. The molecule has 0 fully saturated rings. The Hall–Kier alpha value is -2.73. The number of aromatic nitrogens is 2. The van der Waals surface area contributed by atoms with Crippen molar-refractivity contribution >= 4 is 40.7 Å². The van der Waals surface area contributed by atoms with Crippen molar-refractivity contribution in [2.24, 2.45) is 5.92 Å². The van der Waals surface area contributed by atoms with Crippen LogP contribution in [0.2, 0.25) is 0 Å². The van der Waals surface area contributed by atoms with Crippen LogP contribution in [0, 0.1) is 5.92 Å². The van der Waals surface area contributed by atoms with Crippen molar-refractivity contribution in [1.82, 2.24) is 30.8 Å². The van der Waals surface area contributed by atoms with Crippen LogP contribution in [0.5, 0.6) is 0 Å². The summed E-state index contributed by atoms with van der Waals surface area (Å²) in [6.45, 7) is 9.42. The highest BCUT2D eigenvalue weighted by atomic mass is 32.1. The first-order chi connectivity index (χ1) is 16.7. The number of rotatable bonds is 13. The number of amides is 4. The molecule has 2 aromatic rings. The van der Waals surface area contributed by atoms with E-state index in [2.05, 4.69) is 39.8 Å². The van der Waals surface area contributed by atoms with Crippen molar-refractivity contribution in [3.8, 4) is 0 Å². The first kappa shape index (κ1) is 28.5. The topological polar surface area (TPSA) is 126 Å². The average Bonchev–Trinajstić information content (AvgIpc) is 3.50. The Labute approximate surface area is 214 Å². The summed E-state index contributed by atoms with van der Waals surface area (Å²) in [5.41, 5.74) is 2.52. The lowest BCUT2D eigenvalue weighted by Gasteiger charge is -2.25. The molecule has 2 heterocycles. The van der Waals surface area contributed by atoms with Crippen LogP contribution in [0.1, 0.15) is 62.0 Å². The van der Waals surface area contributed by atoms with Crippen LogP contribution in [0.4, 0.5) is 9.59 Å². The average molecular weight is 525 g/mol. The maximum Gasteiger partial charge on any atom is 0.407 e. The molecule has 3 N–H and O–H groups in total. The van der Waals surface area contributed by atoms with Gasteiger partial charge in [0.05, 0.1) is 27.6 Å². The Balaban J connectivity index is 1.66. The van der Waals surface area contributed by atoms with E-state index in [1.165, 1.54) is 16.2 Å². The van der Waals surface area contributed by atoms with Gasteiger partial charge in [-0.25, -0.2) is 14.6 Å². The van der Waals surface area contributed by atoms with E-state index in [4.69, 9.17) is 4.74 Å².